The summed E-state index contributed by atoms with van der Waals surface area (Å²) >= 11 is 0. The molecule has 1 atom stereocenters. The predicted octanol–water partition coefficient (Wildman–Crippen LogP) is 0.811. The van der Waals surface area contributed by atoms with Gasteiger partial charge in [-0.25, -0.2) is 0 Å². The molecule has 3 aliphatic rings. The minimum absolute atomic E-state index is 0.471. The summed E-state index contributed by atoms with van der Waals surface area (Å²) in [4.78, 5) is 2.20. The molecule has 0 aliphatic carbocycles. The summed E-state index contributed by atoms with van der Waals surface area (Å²) in [7, 11) is 0. The smallest absolute Gasteiger partial charge is 0.115 e. The van der Waals surface area contributed by atoms with E-state index in [0.29, 0.717) is 0 Å². The second-order valence-corrected chi connectivity index (χ2v) is 3.85. The van der Waals surface area contributed by atoms with Gasteiger partial charge in [0.05, 0.1) is 0 Å². The highest BCUT2D eigenvalue weighted by molar-refractivity contribution is 4.89. The highest BCUT2D eigenvalue weighted by Crippen LogP contribution is 2.36. The van der Waals surface area contributed by atoms with Crippen LogP contribution in [0, 0.1) is 5.92 Å². The lowest BCUT2D eigenvalue weighted by Gasteiger charge is -2.49. The molecule has 3 fully saturated rings. The number of hydrogen-bond acceptors (Lipinski definition) is 2. The molecule has 2 heteroatoms. The zero-order chi connectivity index (χ0) is 7.19. The third kappa shape index (κ3) is 0.867. The first kappa shape index (κ1) is 6.62. The van der Waals surface area contributed by atoms with Crippen molar-refractivity contribution in [2.45, 2.75) is 31.9 Å². The van der Waals surface area contributed by atoms with Crippen LogP contribution in [0.3, 0.4) is 0 Å². The third-order valence-electron chi connectivity index (χ3n) is 2.97. The van der Waals surface area contributed by atoms with Crippen LogP contribution in [0.5, 0.6) is 0 Å². The molecule has 3 aliphatic heterocycles. The van der Waals surface area contributed by atoms with Crippen LogP contribution < -0.4 is 0 Å². The van der Waals surface area contributed by atoms with Crippen LogP contribution in [0.1, 0.15) is 26.2 Å². The van der Waals surface area contributed by atoms with Crippen LogP contribution in [0.25, 0.3) is 0 Å². The van der Waals surface area contributed by atoms with E-state index in [1.807, 2.05) is 6.92 Å². The van der Waals surface area contributed by atoms with Gasteiger partial charge < -0.3 is 5.11 Å². The molecule has 3 saturated heterocycles. The zero-order valence-electron chi connectivity index (χ0n) is 6.51. The van der Waals surface area contributed by atoms with Gasteiger partial charge >= 0.3 is 0 Å². The lowest BCUT2D eigenvalue weighted by atomic mass is 9.82. The topological polar surface area (TPSA) is 23.5 Å². The summed E-state index contributed by atoms with van der Waals surface area (Å²) in [5.74, 6) is 0.806. The van der Waals surface area contributed by atoms with Gasteiger partial charge in [0.25, 0.3) is 0 Å². The van der Waals surface area contributed by atoms with Gasteiger partial charge in [0.2, 0.25) is 0 Å². The van der Waals surface area contributed by atoms with Crippen LogP contribution >= 0.6 is 0 Å². The highest BCUT2D eigenvalue weighted by Gasteiger charge is 2.40. The number of nitrogens with zero attached hydrogens (tertiary/aromatic N) is 1. The van der Waals surface area contributed by atoms with Crippen molar-refractivity contribution in [1.82, 2.24) is 4.90 Å². The number of fused-ring (bicyclic) bond motifs is 3. The Bertz CT molecular complexity index is 136. The maximum atomic E-state index is 9.79. The van der Waals surface area contributed by atoms with Gasteiger partial charge in [0.15, 0.2) is 0 Å². The summed E-state index contributed by atoms with van der Waals surface area (Å²) in [5, 5.41) is 9.79. The second kappa shape index (κ2) is 1.95. The third-order valence-corrected chi connectivity index (χ3v) is 2.97. The molecule has 0 spiro atoms. The van der Waals surface area contributed by atoms with Gasteiger partial charge in [-0.15, -0.1) is 0 Å². The summed E-state index contributed by atoms with van der Waals surface area (Å²) in [6.07, 6.45) is 3.60. The molecular formula is C8H15NO. The molecule has 2 nitrogen and oxygen atoms in total. The molecule has 10 heavy (non-hydrogen) atoms. The van der Waals surface area contributed by atoms with Gasteiger partial charge in [-0.05, 0) is 32.1 Å². The molecule has 0 aromatic carbocycles. The van der Waals surface area contributed by atoms with E-state index in [1.165, 1.54) is 12.8 Å². The minimum atomic E-state index is -0.471. The first-order valence-electron chi connectivity index (χ1n) is 4.16. The Morgan fingerprint density at radius 3 is 2.20 bits per heavy atom. The average Bonchev–Trinajstić information content (AvgIpc) is 1.87. The molecular weight excluding hydrogens is 126 g/mol. The van der Waals surface area contributed by atoms with Crippen LogP contribution in [0.15, 0.2) is 0 Å². The van der Waals surface area contributed by atoms with Gasteiger partial charge in [0.1, 0.15) is 5.72 Å². The predicted molar refractivity (Wildman–Crippen MR) is 39.5 cm³/mol. The first-order valence-corrected chi connectivity index (χ1v) is 4.16. The van der Waals surface area contributed by atoms with E-state index in [-0.39, 0.29) is 0 Å². The van der Waals surface area contributed by atoms with E-state index in [0.717, 1.165) is 25.4 Å². The van der Waals surface area contributed by atoms with E-state index in [1.54, 1.807) is 0 Å². The van der Waals surface area contributed by atoms with Crippen LogP contribution in [-0.4, -0.2) is 28.8 Å². The van der Waals surface area contributed by atoms with Gasteiger partial charge in [-0.2, -0.15) is 0 Å². The van der Waals surface area contributed by atoms with Crippen molar-refractivity contribution in [3.05, 3.63) is 0 Å². The first-order chi connectivity index (χ1) is 4.68. The monoisotopic (exact) mass is 141 g/mol. The molecule has 0 aromatic rings. The molecule has 0 aromatic heterocycles. The average molecular weight is 141 g/mol. The van der Waals surface area contributed by atoms with Gasteiger partial charge in [-0.1, -0.05) is 0 Å². The Morgan fingerprint density at radius 1 is 1.40 bits per heavy atom. The Kier molecular flexibility index (Phi) is 1.29. The Hall–Kier alpha value is -0.0800. The van der Waals surface area contributed by atoms with Crippen molar-refractivity contribution in [3.63, 3.8) is 0 Å². The minimum Gasteiger partial charge on any atom is -0.376 e. The zero-order valence-corrected chi connectivity index (χ0v) is 6.51. The summed E-state index contributed by atoms with van der Waals surface area (Å²) in [6, 6.07) is 0. The second-order valence-electron chi connectivity index (χ2n) is 3.85. The quantitative estimate of drug-likeness (QED) is 0.539. The van der Waals surface area contributed by atoms with Gasteiger partial charge in [-0.3, -0.25) is 4.90 Å². The van der Waals surface area contributed by atoms with Crippen molar-refractivity contribution in [2.24, 2.45) is 5.92 Å². The summed E-state index contributed by atoms with van der Waals surface area (Å²) in [5.41, 5.74) is -0.471. The maximum absolute atomic E-state index is 9.79. The van der Waals surface area contributed by atoms with Crippen molar-refractivity contribution in [2.75, 3.05) is 13.1 Å². The fourth-order valence-corrected chi connectivity index (χ4v) is 2.29. The lowest BCUT2D eigenvalue weighted by Crippen LogP contribution is -2.56. The molecule has 3 rings (SSSR count). The number of hydrogen-bond donors (Lipinski definition) is 1. The molecule has 2 bridgehead atoms. The molecule has 3 heterocycles. The Labute approximate surface area is 61.8 Å². The van der Waals surface area contributed by atoms with E-state index in [2.05, 4.69) is 4.90 Å². The standard InChI is InChI=1S/C8H15NO/c1-8(10)6-7-2-4-9(8)5-3-7/h7,10H,2-6H2,1H3. The number of rotatable bonds is 0. The van der Waals surface area contributed by atoms with E-state index >= 15 is 0 Å². The molecule has 0 saturated carbocycles. The molecule has 58 valence electrons. The SMILES string of the molecule is CC1(O)CC2CCN1CC2. The van der Waals surface area contributed by atoms with Crippen molar-refractivity contribution in [1.29, 1.82) is 0 Å². The van der Waals surface area contributed by atoms with Crippen molar-refractivity contribution >= 4 is 0 Å². The lowest BCUT2D eigenvalue weighted by molar-refractivity contribution is -0.159. The Morgan fingerprint density at radius 2 is 2.00 bits per heavy atom. The van der Waals surface area contributed by atoms with Crippen LogP contribution in [0.4, 0.5) is 0 Å². The fraction of sp³-hybridized carbons (Fsp3) is 1.00. The van der Waals surface area contributed by atoms with E-state index in [9.17, 15) is 5.11 Å². The van der Waals surface area contributed by atoms with Crippen LogP contribution in [0.2, 0.25) is 0 Å². The van der Waals surface area contributed by atoms with Gasteiger partial charge in [0, 0.05) is 13.1 Å². The molecule has 1 unspecified atom stereocenters. The number of aliphatic hydroxyl groups is 1. The van der Waals surface area contributed by atoms with E-state index in [4.69, 9.17) is 0 Å². The summed E-state index contributed by atoms with van der Waals surface area (Å²) < 4.78 is 0. The fourth-order valence-electron chi connectivity index (χ4n) is 2.29. The maximum Gasteiger partial charge on any atom is 0.115 e. The van der Waals surface area contributed by atoms with Crippen LogP contribution in [-0.2, 0) is 0 Å². The Balaban J connectivity index is 2.15. The molecule has 1 N–H and O–H groups in total. The van der Waals surface area contributed by atoms with E-state index < -0.39 is 5.72 Å². The van der Waals surface area contributed by atoms with Crippen molar-refractivity contribution < 1.29 is 5.11 Å². The normalized spacial score (nSPS) is 53.4. The largest absolute Gasteiger partial charge is 0.376 e. The molecule has 0 amide bonds. The number of piperidine rings is 3. The van der Waals surface area contributed by atoms with Crippen molar-refractivity contribution in [3.8, 4) is 0 Å². The summed E-state index contributed by atoms with van der Waals surface area (Å²) in [6.45, 7) is 4.16. The highest BCUT2D eigenvalue weighted by atomic mass is 16.3. The molecule has 0 radical (unpaired) electrons.